The molecular formula is C21H26N2O4S. The molecule has 3 rings (SSSR count). The van der Waals surface area contributed by atoms with Crippen molar-refractivity contribution in [3.63, 3.8) is 0 Å². The first-order chi connectivity index (χ1) is 13.3. The molecule has 1 aliphatic heterocycles. The fraction of sp³-hybridized carbons (Fsp3) is 0.381. The third kappa shape index (κ3) is 4.36. The predicted molar refractivity (Wildman–Crippen MR) is 109 cm³/mol. The molecule has 0 atom stereocenters. The number of sulfonamides is 1. The van der Waals surface area contributed by atoms with Gasteiger partial charge in [-0.1, -0.05) is 24.6 Å². The topological polar surface area (TPSA) is 75.7 Å². The van der Waals surface area contributed by atoms with E-state index in [-0.39, 0.29) is 10.5 Å². The summed E-state index contributed by atoms with van der Waals surface area (Å²) in [5, 5.41) is 2.80. The highest BCUT2D eigenvalue weighted by Gasteiger charge is 2.29. The second kappa shape index (κ2) is 8.32. The van der Waals surface area contributed by atoms with Crippen LogP contribution in [0.5, 0.6) is 5.75 Å². The van der Waals surface area contributed by atoms with E-state index in [1.54, 1.807) is 12.1 Å². The lowest BCUT2D eigenvalue weighted by atomic mass is 10.0. The van der Waals surface area contributed by atoms with E-state index in [4.69, 9.17) is 4.74 Å². The quantitative estimate of drug-likeness (QED) is 0.828. The second-order valence-electron chi connectivity index (χ2n) is 7.27. The van der Waals surface area contributed by atoms with Crippen molar-refractivity contribution in [2.45, 2.75) is 31.6 Å². The fourth-order valence-electron chi connectivity index (χ4n) is 3.23. The van der Waals surface area contributed by atoms with Crippen molar-refractivity contribution in [3.05, 3.63) is 53.6 Å². The van der Waals surface area contributed by atoms with Crippen LogP contribution in [0, 0.1) is 12.8 Å². The largest absolute Gasteiger partial charge is 0.496 e. The maximum atomic E-state index is 13.0. The van der Waals surface area contributed by atoms with Crippen molar-refractivity contribution in [2.24, 2.45) is 5.92 Å². The van der Waals surface area contributed by atoms with E-state index in [2.05, 4.69) is 12.2 Å². The van der Waals surface area contributed by atoms with Gasteiger partial charge in [-0.25, -0.2) is 8.42 Å². The maximum absolute atomic E-state index is 13.0. The molecule has 1 heterocycles. The van der Waals surface area contributed by atoms with Crippen LogP contribution in [-0.4, -0.2) is 38.8 Å². The first-order valence-corrected chi connectivity index (χ1v) is 10.8. The van der Waals surface area contributed by atoms with E-state index >= 15 is 0 Å². The van der Waals surface area contributed by atoms with E-state index < -0.39 is 15.9 Å². The van der Waals surface area contributed by atoms with Gasteiger partial charge in [0, 0.05) is 18.8 Å². The Balaban J connectivity index is 1.89. The molecular weight excluding hydrogens is 376 g/mol. The third-order valence-electron chi connectivity index (χ3n) is 5.11. The number of amides is 1. The molecule has 0 aromatic heterocycles. The van der Waals surface area contributed by atoms with Gasteiger partial charge in [-0.3, -0.25) is 4.79 Å². The molecule has 0 saturated carbocycles. The normalized spacial score (nSPS) is 16.0. The van der Waals surface area contributed by atoms with Gasteiger partial charge in [0.1, 0.15) is 5.75 Å². The Kier molecular flexibility index (Phi) is 6.05. The van der Waals surface area contributed by atoms with Crippen molar-refractivity contribution in [3.8, 4) is 5.75 Å². The minimum absolute atomic E-state index is 0.108. The van der Waals surface area contributed by atoms with Crippen molar-refractivity contribution in [1.29, 1.82) is 0 Å². The SMILES string of the molecule is COc1ccc(S(=O)(=O)N2CCC(C)CC2)cc1C(=O)Nc1ccc(C)cc1. The zero-order chi connectivity index (χ0) is 20.3. The van der Waals surface area contributed by atoms with Crippen LogP contribution >= 0.6 is 0 Å². The summed E-state index contributed by atoms with van der Waals surface area (Å²) in [6.45, 7) is 5.09. The Morgan fingerprint density at radius 2 is 1.75 bits per heavy atom. The number of rotatable bonds is 5. The number of methoxy groups -OCH3 is 1. The molecule has 0 bridgehead atoms. The third-order valence-corrected chi connectivity index (χ3v) is 7.00. The zero-order valence-corrected chi connectivity index (χ0v) is 17.3. The molecule has 1 amide bonds. The standard InChI is InChI=1S/C21H26N2O4S/c1-15-4-6-17(7-5-15)22-21(24)19-14-18(8-9-20(19)27-3)28(25,26)23-12-10-16(2)11-13-23/h4-9,14,16H,10-13H2,1-3H3,(H,22,24). The van der Waals surface area contributed by atoms with Gasteiger partial charge in [-0.05, 0) is 56.0 Å². The maximum Gasteiger partial charge on any atom is 0.259 e. The Morgan fingerprint density at radius 1 is 1.11 bits per heavy atom. The Bertz CT molecular complexity index is 947. The Hall–Kier alpha value is -2.38. The smallest absolute Gasteiger partial charge is 0.259 e. The van der Waals surface area contributed by atoms with Gasteiger partial charge < -0.3 is 10.1 Å². The molecule has 6 nitrogen and oxygen atoms in total. The summed E-state index contributed by atoms with van der Waals surface area (Å²) in [4.78, 5) is 12.9. The molecule has 1 N–H and O–H groups in total. The predicted octanol–water partition coefficient (Wildman–Crippen LogP) is 3.68. The van der Waals surface area contributed by atoms with Crippen molar-refractivity contribution in [1.82, 2.24) is 4.31 Å². The van der Waals surface area contributed by atoms with Gasteiger partial charge in [0.05, 0.1) is 17.6 Å². The first-order valence-electron chi connectivity index (χ1n) is 9.37. The lowest BCUT2D eigenvalue weighted by Gasteiger charge is -2.29. The molecule has 0 spiro atoms. The van der Waals surface area contributed by atoms with Gasteiger partial charge in [0.25, 0.3) is 5.91 Å². The number of hydrogen-bond donors (Lipinski definition) is 1. The van der Waals surface area contributed by atoms with Crippen LogP contribution in [0.2, 0.25) is 0 Å². The highest BCUT2D eigenvalue weighted by Crippen LogP contribution is 2.28. The van der Waals surface area contributed by atoms with Crippen LogP contribution in [0.15, 0.2) is 47.4 Å². The molecule has 7 heteroatoms. The highest BCUT2D eigenvalue weighted by atomic mass is 32.2. The first kappa shape index (κ1) is 20.4. The molecule has 0 unspecified atom stereocenters. The van der Waals surface area contributed by atoms with Crippen molar-refractivity contribution < 1.29 is 17.9 Å². The van der Waals surface area contributed by atoms with Gasteiger partial charge in [0.15, 0.2) is 0 Å². The zero-order valence-electron chi connectivity index (χ0n) is 16.4. The molecule has 1 saturated heterocycles. The summed E-state index contributed by atoms with van der Waals surface area (Å²) in [6, 6.07) is 11.8. The Morgan fingerprint density at radius 3 is 2.36 bits per heavy atom. The number of anilines is 1. The average Bonchev–Trinajstić information content (AvgIpc) is 2.69. The Labute approximate surface area is 166 Å². The summed E-state index contributed by atoms with van der Waals surface area (Å²) >= 11 is 0. The number of carbonyl (C=O) groups excluding carboxylic acids is 1. The lowest BCUT2D eigenvalue weighted by molar-refractivity contribution is 0.102. The molecule has 1 fully saturated rings. The van der Waals surface area contributed by atoms with E-state index in [1.807, 2.05) is 19.1 Å². The summed E-state index contributed by atoms with van der Waals surface area (Å²) < 4.78 is 32.8. The minimum Gasteiger partial charge on any atom is -0.496 e. The number of benzene rings is 2. The van der Waals surface area contributed by atoms with Crippen molar-refractivity contribution in [2.75, 3.05) is 25.5 Å². The van der Waals surface area contributed by atoms with Crippen molar-refractivity contribution >= 4 is 21.6 Å². The number of nitrogens with one attached hydrogen (secondary N) is 1. The molecule has 28 heavy (non-hydrogen) atoms. The van der Waals surface area contributed by atoms with E-state index in [9.17, 15) is 13.2 Å². The van der Waals surface area contributed by atoms with E-state index in [1.165, 1.54) is 29.6 Å². The van der Waals surface area contributed by atoms with Crippen LogP contribution in [0.3, 0.4) is 0 Å². The number of hydrogen-bond acceptors (Lipinski definition) is 4. The number of aryl methyl sites for hydroxylation is 1. The fourth-order valence-corrected chi connectivity index (χ4v) is 4.73. The summed E-state index contributed by atoms with van der Waals surface area (Å²) in [7, 11) is -2.19. The second-order valence-corrected chi connectivity index (χ2v) is 9.21. The van der Waals surface area contributed by atoms with Gasteiger partial charge >= 0.3 is 0 Å². The van der Waals surface area contributed by atoms with Crippen LogP contribution in [-0.2, 0) is 10.0 Å². The molecule has 2 aromatic rings. The lowest BCUT2D eigenvalue weighted by Crippen LogP contribution is -2.37. The van der Waals surface area contributed by atoms with E-state index in [0.29, 0.717) is 30.4 Å². The number of ether oxygens (including phenoxy) is 1. The molecule has 0 radical (unpaired) electrons. The van der Waals surface area contributed by atoms with Gasteiger partial charge in [0.2, 0.25) is 10.0 Å². The number of nitrogens with zero attached hydrogens (tertiary/aromatic N) is 1. The van der Waals surface area contributed by atoms with E-state index in [0.717, 1.165) is 18.4 Å². The molecule has 150 valence electrons. The monoisotopic (exact) mass is 402 g/mol. The van der Waals surface area contributed by atoms with Gasteiger partial charge in [-0.15, -0.1) is 0 Å². The molecule has 0 aliphatic carbocycles. The minimum atomic E-state index is -3.65. The summed E-state index contributed by atoms with van der Waals surface area (Å²) in [5.74, 6) is 0.444. The van der Waals surface area contributed by atoms with Crippen LogP contribution in [0.25, 0.3) is 0 Å². The summed E-state index contributed by atoms with van der Waals surface area (Å²) in [5.41, 5.74) is 1.91. The highest BCUT2D eigenvalue weighted by molar-refractivity contribution is 7.89. The average molecular weight is 403 g/mol. The van der Waals surface area contributed by atoms with Crippen LogP contribution < -0.4 is 10.1 Å². The molecule has 1 aliphatic rings. The van der Waals surface area contributed by atoms with Crippen LogP contribution in [0.4, 0.5) is 5.69 Å². The summed E-state index contributed by atoms with van der Waals surface area (Å²) in [6.07, 6.45) is 1.69. The number of piperidine rings is 1. The number of carbonyl (C=O) groups is 1. The molecule has 2 aromatic carbocycles. The van der Waals surface area contributed by atoms with Crippen LogP contribution in [0.1, 0.15) is 35.7 Å². The van der Waals surface area contributed by atoms with Gasteiger partial charge in [-0.2, -0.15) is 4.31 Å².